The smallest absolute Gasteiger partial charge is 0.0931 e. The van der Waals surface area contributed by atoms with Gasteiger partial charge in [0.25, 0.3) is 0 Å². The normalized spacial score (nSPS) is 21.5. The van der Waals surface area contributed by atoms with E-state index in [1.54, 1.807) is 7.11 Å². The molecule has 130 valence electrons. The SMILES string of the molecule is CCCC1CN(CC(O)c2ccccc2Cl)CCN1CCOC. The lowest BCUT2D eigenvalue weighted by Gasteiger charge is -2.42. The summed E-state index contributed by atoms with van der Waals surface area (Å²) >= 11 is 6.19. The van der Waals surface area contributed by atoms with Crippen LogP contribution in [-0.4, -0.2) is 67.4 Å². The number of halogens is 1. The van der Waals surface area contributed by atoms with Crippen LogP contribution in [0.1, 0.15) is 31.4 Å². The van der Waals surface area contributed by atoms with Gasteiger partial charge in [-0.05, 0) is 12.5 Å². The van der Waals surface area contributed by atoms with Crippen molar-refractivity contribution in [1.29, 1.82) is 0 Å². The number of rotatable bonds is 8. The van der Waals surface area contributed by atoms with Crippen molar-refractivity contribution < 1.29 is 9.84 Å². The maximum Gasteiger partial charge on any atom is 0.0931 e. The van der Waals surface area contributed by atoms with Crippen molar-refractivity contribution >= 4 is 11.6 Å². The Morgan fingerprint density at radius 3 is 2.83 bits per heavy atom. The van der Waals surface area contributed by atoms with Gasteiger partial charge < -0.3 is 9.84 Å². The largest absolute Gasteiger partial charge is 0.387 e. The van der Waals surface area contributed by atoms with Gasteiger partial charge in [-0.25, -0.2) is 0 Å². The summed E-state index contributed by atoms with van der Waals surface area (Å²) in [5.41, 5.74) is 0.822. The average molecular weight is 341 g/mol. The van der Waals surface area contributed by atoms with Gasteiger partial charge in [-0.15, -0.1) is 0 Å². The number of aliphatic hydroxyl groups excluding tert-OH is 1. The van der Waals surface area contributed by atoms with Gasteiger partial charge in [0.05, 0.1) is 12.7 Å². The molecule has 0 spiro atoms. The highest BCUT2D eigenvalue weighted by atomic mass is 35.5. The summed E-state index contributed by atoms with van der Waals surface area (Å²) in [5, 5.41) is 11.2. The van der Waals surface area contributed by atoms with Crippen LogP contribution in [0.4, 0.5) is 0 Å². The standard InChI is InChI=1S/C18H29ClN2O2/c1-3-6-15-13-20(9-10-21(15)11-12-23-2)14-18(22)16-7-4-5-8-17(16)19/h4-5,7-8,15,18,22H,3,6,9-14H2,1-2H3. The third-order valence-corrected chi connectivity index (χ3v) is 4.93. The van der Waals surface area contributed by atoms with Crippen molar-refractivity contribution in [2.45, 2.75) is 31.9 Å². The van der Waals surface area contributed by atoms with Crippen LogP contribution in [-0.2, 0) is 4.74 Å². The molecule has 2 rings (SSSR count). The fourth-order valence-corrected chi connectivity index (χ4v) is 3.58. The maximum absolute atomic E-state index is 10.5. The Bertz CT molecular complexity index is 472. The Hall–Kier alpha value is -0.650. The van der Waals surface area contributed by atoms with Crippen LogP contribution < -0.4 is 0 Å². The molecule has 4 nitrogen and oxygen atoms in total. The Labute approximate surface area is 145 Å². The minimum Gasteiger partial charge on any atom is -0.387 e. The molecule has 1 aromatic rings. The molecule has 1 N–H and O–H groups in total. The molecule has 0 saturated carbocycles. The van der Waals surface area contributed by atoms with Crippen molar-refractivity contribution in [2.24, 2.45) is 0 Å². The monoisotopic (exact) mass is 340 g/mol. The lowest BCUT2D eigenvalue weighted by Crippen LogP contribution is -2.54. The van der Waals surface area contributed by atoms with E-state index in [0.29, 0.717) is 17.6 Å². The quantitative estimate of drug-likeness (QED) is 0.789. The number of aliphatic hydroxyl groups is 1. The van der Waals surface area contributed by atoms with E-state index in [2.05, 4.69) is 16.7 Å². The van der Waals surface area contributed by atoms with Gasteiger partial charge in [0.2, 0.25) is 0 Å². The van der Waals surface area contributed by atoms with Crippen LogP contribution in [0.15, 0.2) is 24.3 Å². The van der Waals surface area contributed by atoms with E-state index >= 15 is 0 Å². The lowest BCUT2D eigenvalue weighted by atomic mass is 10.0. The first-order chi connectivity index (χ1) is 11.2. The fraction of sp³-hybridized carbons (Fsp3) is 0.667. The number of nitrogens with zero attached hydrogens (tertiary/aromatic N) is 2. The van der Waals surface area contributed by atoms with Crippen molar-refractivity contribution in [3.05, 3.63) is 34.9 Å². The van der Waals surface area contributed by atoms with Crippen molar-refractivity contribution in [3.8, 4) is 0 Å². The van der Waals surface area contributed by atoms with E-state index in [4.69, 9.17) is 16.3 Å². The zero-order valence-corrected chi connectivity index (χ0v) is 15.0. The highest BCUT2D eigenvalue weighted by Crippen LogP contribution is 2.24. The molecule has 1 aliphatic rings. The Morgan fingerprint density at radius 1 is 1.35 bits per heavy atom. The molecule has 1 fully saturated rings. The van der Waals surface area contributed by atoms with Crippen molar-refractivity contribution in [2.75, 3.05) is 46.4 Å². The number of β-amino-alcohol motifs (C(OH)–C–C–N with tert-alkyl or cyclic N) is 1. The highest BCUT2D eigenvalue weighted by molar-refractivity contribution is 6.31. The van der Waals surface area contributed by atoms with Crippen LogP contribution in [0.2, 0.25) is 5.02 Å². The molecular weight excluding hydrogens is 312 g/mol. The number of methoxy groups -OCH3 is 1. The Morgan fingerprint density at radius 2 is 2.13 bits per heavy atom. The van der Waals surface area contributed by atoms with E-state index in [1.807, 2.05) is 24.3 Å². The first kappa shape index (κ1) is 18.7. The second kappa shape index (κ2) is 9.60. The third kappa shape index (κ3) is 5.44. The number of hydrogen-bond donors (Lipinski definition) is 1. The molecule has 5 heteroatoms. The molecule has 0 amide bonds. The zero-order chi connectivity index (χ0) is 16.7. The van der Waals surface area contributed by atoms with Gasteiger partial charge >= 0.3 is 0 Å². The van der Waals surface area contributed by atoms with Gasteiger partial charge in [0.1, 0.15) is 0 Å². The molecule has 2 atom stereocenters. The number of ether oxygens (including phenoxy) is 1. The van der Waals surface area contributed by atoms with Gasteiger partial charge in [-0.2, -0.15) is 0 Å². The average Bonchev–Trinajstić information content (AvgIpc) is 2.55. The summed E-state index contributed by atoms with van der Waals surface area (Å²) in [5.74, 6) is 0. The topological polar surface area (TPSA) is 35.9 Å². The van der Waals surface area contributed by atoms with Crippen LogP contribution in [0.25, 0.3) is 0 Å². The minimum absolute atomic E-state index is 0.531. The molecule has 0 aliphatic carbocycles. The van der Waals surface area contributed by atoms with E-state index in [1.165, 1.54) is 12.8 Å². The molecular formula is C18H29ClN2O2. The molecule has 2 unspecified atom stereocenters. The van der Waals surface area contributed by atoms with E-state index in [-0.39, 0.29) is 0 Å². The highest BCUT2D eigenvalue weighted by Gasteiger charge is 2.27. The van der Waals surface area contributed by atoms with E-state index < -0.39 is 6.10 Å². The Balaban J connectivity index is 1.92. The summed E-state index contributed by atoms with van der Waals surface area (Å²) in [7, 11) is 1.75. The summed E-state index contributed by atoms with van der Waals surface area (Å²) in [6, 6.07) is 8.10. The lowest BCUT2D eigenvalue weighted by molar-refractivity contribution is 0.0242. The number of benzene rings is 1. The predicted octanol–water partition coefficient (Wildman–Crippen LogP) is 2.81. The molecule has 0 aromatic heterocycles. The molecule has 1 heterocycles. The van der Waals surface area contributed by atoms with Crippen molar-refractivity contribution in [1.82, 2.24) is 9.80 Å². The summed E-state index contributed by atoms with van der Waals surface area (Å²) in [6.07, 6.45) is 1.83. The molecule has 1 saturated heterocycles. The summed E-state index contributed by atoms with van der Waals surface area (Å²) in [4.78, 5) is 4.88. The second-order valence-electron chi connectivity index (χ2n) is 6.27. The molecule has 23 heavy (non-hydrogen) atoms. The van der Waals surface area contributed by atoms with Crippen LogP contribution in [0, 0.1) is 0 Å². The minimum atomic E-state index is -0.531. The fourth-order valence-electron chi connectivity index (χ4n) is 3.32. The predicted molar refractivity (Wildman–Crippen MR) is 95.0 cm³/mol. The Kier molecular flexibility index (Phi) is 7.80. The van der Waals surface area contributed by atoms with Gasteiger partial charge in [0, 0.05) is 56.5 Å². The zero-order valence-electron chi connectivity index (χ0n) is 14.2. The maximum atomic E-state index is 10.5. The first-order valence-electron chi connectivity index (χ1n) is 8.53. The van der Waals surface area contributed by atoms with Crippen LogP contribution >= 0.6 is 11.6 Å². The second-order valence-corrected chi connectivity index (χ2v) is 6.68. The van der Waals surface area contributed by atoms with Crippen molar-refractivity contribution in [3.63, 3.8) is 0 Å². The first-order valence-corrected chi connectivity index (χ1v) is 8.91. The summed E-state index contributed by atoms with van der Waals surface area (Å²) < 4.78 is 5.22. The van der Waals surface area contributed by atoms with Crippen LogP contribution in [0.3, 0.4) is 0 Å². The molecule has 1 aliphatic heterocycles. The van der Waals surface area contributed by atoms with Gasteiger partial charge in [-0.3, -0.25) is 9.80 Å². The van der Waals surface area contributed by atoms with E-state index in [9.17, 15) is 5.11 Å². The van der Waals surface area contributed by atoms with Gasteiger partial charge in [0.15, 0.2) is 0 Å². The van der Waals surface area contributed by atoms with Gasteiger partial charge in [-0.1, -0.05) is 43.1 Å². The number of piperazine rings is 1. The van der Waals surface area contributed by atoms with E-state index in [0.717, 1.165) is 38.3 Å². The summed E-state index contributed by atoms with van der Waals surface area (Å²) in [6.45, 7) is 7.65. The molecule has 1 aromatic carbocycles. The molecule has 0 bridgehead atoms. The third-order valence-electron chi connectivity index (χ3n) is 4.59. The number of hydrogen-bond acceptors (Lipinski definition) is 4. The molecule has 0 radical (unpaired) electrons. The van der Waals surface area contributed by atoms with Crippen LogP contribution in [0.5, 0.6) is 0 Å².